The number of methoxy groups -OCH3 is 2. The predicted octanol–water partition coefficient (Wildman–Crippen LogP) is 2.25. The topological polar surface area (TPSA) is 80.3 Å². The highest BCUT2D eigenvalue weighted by atomic mass is 19.1. The zero-order valence-electron chi connectivity index (χ0n) is 20.6. The van der Waals surface area contributed by atoms with Crippen LogP contribution in [-0.4, -0.2) is 81.3 Å². The van der Waals surface area contributed by atoms with E-state index in [0.717, 1.165) is 30.8 Å². The van der Waals surface area contributed by atoms with Crippen LogP contribution in [0.5, 0.6) is 11.5 Å². The average molecular weight is 488 g/mol. The van der Waals surface area contributed by atoms with Crippen LogP contribution >= 0.6 is 0 Å². The molecule has 2 aromatic carbocycles. The maximum atomic E-state index is 13.4. The molecule has 1 aliphatic rings. The van der Waals surface area contributed by atoms with E-state index in [1.165, 1.54) is 24.1 Å². The van der Waals surface area contributed by atoms with E-state index >= 15 is 0 Å². The SMILES string of the molecule is COc1ccc(CC(=O)N(Cc2ccc(F)cc2)[C@@H](C)C(=O)NCCN2CCOCC2)cc1OC. The molecule has 0 bridgehead atoms. The summed E-state index contributed by atoms with van der Waals surface area (Å²) < 4.78 is 29.4. The molecule has 1 atom stereocenters. The third-order valence-corrected chi connectivity index (χ3v) is 6.07. The lowest BCUT2D eigenvalue weighted by molar-refractivity contribution is -0.140. The van der Waals surface area contributed by atoms with E-state index < -0.39 is 6.04 Å². The number of halogens is 1. The molecule has 1 N–H and O–H groups in total. The van der Waals surface area contributed by atoms with Crippen LogP contribution in [-0.2, 0) is 27.3 Å². The first kappa shape index (κ1) is 26.4. The number of nitrogens with one attached hydrogen (secondary N) is 1. The van der Waals surface area contributed by atoms with E-state index in [1.807, 2.05) is 0 Å². The Morgan fingerprint density at radius 1 is 1.06 bits per heavy atom. The van der Waals surface area contributed by atoms with Gasteiger partial charge in [-0.3, -0.25) is 14.5 Å². The van der Waals surface area contributed by atoms with Crippen LogP contribution in [0.2, 0.25) is 0 Å². The molecular weight excluding hydrogens is 453 g/mol. The van der Waals surface area contributed by atoms with E-state index in [4.69, 9.17) is 14.2 Å². The van der Waals surface area contributed by atoms with Crippen molar-refractivity contribution >= 4 is 11.8 Å². The largest absolute Gasteiger partial charge is 0.493 e. The molecule has 9 heteroatoms. The van der Waals surface area contributed by atoms with Gasteiger partial charge in [-0.1, -0.05) is 18.2 Å². The molecule has 1 heterocycles. The van der Waals surface area contributed by atoms with Gasteiger partial charge in [0, 0.05) is 32.7 Å². The van der Waals surface area contributed by atoms with Gasteiger partial charge < -0.3 is 24.4 Å². The van der Waals surface area contributed by atoms with Gasteiger partial charge in [-0.2, -0.15) is 0 Å². The number of amides is 2. The fraction of sp³-hybridized carbons (Fsp3) is 0.462. The molecule has 0 aromatic heterocycles. The number of rotatable bonds is 11. The fourth-order valence-electron chi connectivity index (χ4n) is 3.95. The van der Waals surface area contributed by atoms with Gasteiger partial charge >= 0.3 is 0 Å². The third kappa shape index (κ3) is 7.66. The van der Waals surface area contributed by atoms with Gasteiger partial charge in [0.15, 0.2) is 11.5 Å². The highest BCUT2D eigenvalue weighted by molar-refractivity contribution is 5.88. The highest BCUT2D eigenvalue weighted by Crippen LogP contribution is 2.28. The van der Waals surface area contributed by atoms with Crippen LogP contribution in [0, 0.1) is 5.82 Å². The second-order valence-corrected chi connectivity index (χ2v) is 8.44. The van der Waals surface area contributed by atoms with E-state index in [-0.39, 0.29) is 30.6 Å². The van der Waals surface area contributed by atoms with Crippen molar-refractivity contribution in [2.45, 2.75) is 25.9 Å². The van der Waals surface area contributed by atoms with Gasteiger partial charge in [0.2, 0.25) is 11.8 Å². The van der Waals surface area contributed by atoms with Crippen molar-refractivity contribution in [2.75, 3.05) is 53.6 Å². The van der Waals surface area contributed by atoms with E-state index in [9.17, 15) is 14.0 Å². The normalized spacial score (nSPS) is 14.7. The fourth-order valence-corrected chi connectivity index (χ4v) is 3.95. The second kappa shape index (κ2) is 13.1. The van der Waals surface area contributed by atoms with Gasteiger partial charge in [0.1, 0.15) is 11.9 Å². The Morgan fingerprint density at radius 3 is 2.37 bits per heavy atom. The Morgan fingerprint density at radius 2 is 1.71 bits per heavy atom. The molecule has 190 valence electrons. The Labute approximate surface area is 205 Å². The van der Waals surface area contributed by atoms with Crippen molar-refractivity contribution in [2.24, 2.45) is 0 Å². The molecule has 35 heavy (non-hydrogen) atoms. The van der Waals surface area contributed by atoms with Crippen LogP contribution in [0.15, 0.2) is 42.5 Å². The lowest BCUT2D eigenvalue weighted by Crippen LogP contribution is -2.49. The predicted molar refractivity (Wildman–Crippen MR) is 130 cm³/mol. The minimum absolute atomic E-state index is 0.0763. The van der Waals surface area contributed by atoms with Gasteiger partial charge in [-0.15, -0.1) is 0 Å². The Hall–Kier alpha value is -3.17. The summed E-state index contributed by atoms with van der Waals surface area (Å²) in [6, 6.07) is 10.5. The van der Waals surface area contributed by atoms with E-state index in [0.29, 0.717) is 31.3 Å². The lowest BCUT2D eigenvalue weighted by Gasteiger charge is -2.30. The van der Waals surface area contributed by atoms with Gasteiger partial charge in [0.05, 0.1) is 33.9 Å². The summed E-state index contributed by atoms with van der Waals surface area (Å²) in [4.78, 5) is 30.1. The molecule has 2 amide bonds. The zero-order chi connectivity index (χ0) is 25.2. The first-order valence-corrected chi connectivity index (χ1v) is 11.7. The van der Waals surface area contributed by atoms with Gasteiger partial charge in [-0.25, -0.2) is 4.39 Å². The summed E-state index contributed by atoms with van der Waals surface area (Å²) in [6.07, 6.45) is 0.0763. The molecule has 0 spiro atoms. The monoisotopic (exact) mass is 487 g/mol. The second-order valence-electron chi connectivity index (χ2n) is 8.44. The number of carbonyl (C=O) groups excluding carboxylic acids is 2. The minimum atomic E-state index is -0.711. The summed E-state index contributed by atoms with van der Waals surface area (Å²) in [5.74, 6) is 0.279. The standard InChI is InChI=1S/C26H34FN3O5/c1-19(26(32)28-10-11-29-12-14-35-15-13-29)30(18-20-4-7-22(27)8-5-20)25(31)17-21-6-9-23(33-2)24(16-21)34-3/h4-9,16,19H,10-15,17-18H2,1-3H3,(H,28,32)/t19-/m0/s1. The summed E-state index contributed by atoms with van der Waals surface area (Å²) in [5.41, 5.74) is 1.47. The Balaban J connectivity index is 1.70. The Bertz CT molecular complexity index is 979. The highest BCUT2D eigenvalue weighted by Gasteiger charge is 2.26. The maximum Gasteiger partial charge on any atom is 0.242 e. The van der Waals surface area contributed by atoms with E-state index in [2.05, 4.69) is 10.2 Å². The number of hydrogen-bond acceptors (Lipinski definition) is 6. The molecule has 8 nitrogen and oxygen atoms in total. The van der Waals surface area contributed by atoms with Crippen LogP contribution in [0.1, 0.15) is 18.1 Å². The number of benzene rings is 2. The molecule has 0 radical (unpaired) electrons. The number of ether oxygens (including phenoxy) is 3. The van der Waals surface area contributed by atoms with Crippen molar-refractivity contribution in [1.29, 1.82) is 0 Å². The van der Waals surface area contributed by atoms with Gasteiger partial charge in [-0.05, 0) is 42.3 Å². The summed E-state index contributed by atoms with van der Waals surface area (Å²) >= 11 is 0. The summed E-state index contributed by atoms with van der Waals surface area (Å²) in [6.45, 7) is 6.17. The minimum Gasteiger partial charge on any atom is -0.493 e. The first-order chi connectivity index (χ1) is 16.9. The zero-order valence-corrected chi connectivity index (χ0v) is 20.6. The van der Waals surface area contributed by atoms with Crippen molar-refractivity contribution in [3.05, 3.63) is 59.4 Å². The number of nitrogens with zero attached hydrogens (tertiary/aromatic N) is 2. The van der Waals surface area contributed by atoms with Crippen molar-refractivity contribution in [3.8, 4) is 11.5 Å². The number of hydrogen-bond donors (Lipinski definition) is 1. The molecular formula is C26H34FN3O5. The van der Waals surface area contributed by atoms with Crippen LogP contribution in [0.25, 0.3) is 0 Å². The molecule has 0 saturated carbocycles. The van der Waals surface area contributed by atoms with Crippen LogP contribution in [0.4, 0.5) is 4.39 Å². The first-order valence-electron chi connectivity index (χ1n) is 11.7. The quantitative estimate of drug-likeness (QED) is 0.524. The maximum absolute atomic E-state index is 13.4. The molecule has 1 fully saturated rings. The van der Waals surface area contributed by atoms with Crippen LogP contribution in [0.3, 0.4) is 0 Å². The third-order valence-electron chi connectivity index (χ3n) is 6.07. The Kier molecular flexibility index (Phi) is 9.86. The molecule has 1 saturated heterocycles. The molecule has 3 rings (SSSR count). The molecule has 0 aliphatic carbocycles. The van der Waals surface area contributed by atoms with Gasteiger partial charge in [0.25, 0.3) is 0 Å². The number of carbonyl (C=O) groups is 2. The summed E-state index contributed by atoms with van der Waals surface area (Å²) in [5, 5.41) is 2.95. The van der Waals surface area contributed by atoms with E-state index in [1.54, 1.807) is 44.4 Å². The lowest BCUT2D eigenvalue weighted by atomic mass is 10.1. The summed E-state index contributed by atoms with van der Waals surface area (Å²) in [7, 11) is 3.08. The molecule has 0 unspecified atom stereocenters. The van der Waals surface area contributed by atoms with Crippen molar-refractivity contribution in [3.63, 3.8) is 0 Å². The molecule has 2 aromatic rings. The number of morpholine rings is 1. The smallest absolute Gasteiger partial charge is 0.242 e. The van der Waals surface area contributed by atoms with Crippen molar-refractivity contribution < 1.29 is 28.2 Å². The average Bonchev–Trinajstić information content (AvgIpc) is 2.88. The van der Waals surface area contributed by atoms with Crippen molar-refractivity contribution in [1.82, 2.24) is 15.1 Å². The van der Waals surface area contributed by atoms with Crippen LogP contribution < -0.4 is 14.8 Å². The molecule has 1 aliphatic heterocycles.